The van der Waals surface area contributed by atoms with Crippen molar-refractivity contribution in [2.75, 3.05) is 26.7 Å². The number of amides is 1. The van der Waals surface area contributed by atoms with Crippen LogP contribution < -0.4 is 10.6 Å². The maximum Gasteiger partial charge on any atom is 0.238 e. The summed E-state index contributed by atoms with van der Waals surface area (Å²) in [4.78, 5) is 15.1. The van der Waals surface area contributed by atoms with Gasteiger partial charge in [-0.05, 0) is 6.07 Å². The zero-order valence-electron chi connectivity index (χ0n) is 9.70. The molecule has 1 aliphatic rings. The fourth-order valence-corrected chi connectivity index (χ4v) is 3.10. The van der Waals surface area contributed by atoms with Gasteiger partial charge in [0.1, 0.15) is 6.04 Å². The first-order valence-corrected chi connectivity index (χ1v) is 6.85. The van der Waals surface area contributed by atoms with E-state index in [2.05, 4.69) is 15.5 Å². The van der Waals surface area contributed by atoms with Crippen LogP contribution in [0.2, 0.25) is 5.02 Å². The smallest absolute Gasteiger partial charge is 0.238 e. The maximum absolute atomic E-state index is 11.8. The molecule has 2 heterocycles. The minimum absolute atomic E-state index is 0.0693. The van der Waals surface area contributed by atoms with Crippen molar-refractivity contribution in [3.63, 3.8) is 0 Å². The number of nitrogens with one attached hydrogen (secondary N) is 2. The molecule has 1 unspecified atom stereocenters. The predicted molar refractivity (Wildman–Crippen MR) is 70.5 cm³/mol. The highest BCUT2D eigenvalue weighted by Gasteiger charge is 2.27. The number of halogens is 1. The fraction of sp³-hybridized carbons (Fsp3) is 0.545. The second-order valence-corrected chi connectivity index (χ2v) is 5.47. The molecule has 1 aliphatic heterocycles. The minimum atomic E-state index is -0.0883. The molecule has 0 aromatic carbocycles. The first-order chi connectivity index (χ1) is 8.20. The van der Waals surface area contributed by atoms with E-state index in [9.17, 15) is 4.79 Å². The Kier molecular flexibility index (Phi) is 4.39. The Morgan fingerprint density at radius 3 is 3.24 bits per heavy atom. The summed E-state index contributed by atoms with van der Waals surface area (Å²) in [5.74, 6) is 0.0693. The van der Waals surface area contributed by atoms with E-state index in [1.807, 2.05) is 11.4 Å². The molecule has 1 fully saturated rings. The molecular formula is C11H16ClN3OS. The Morgan fingerprint density at radius 2 is 2.59 bits per heavy atom. The normalized spacial score (nSPS) is 21.4. The summed E-state index contributed by atoms with van der Waals surface area (Å²) < 4.78 is 0. The SMILES string of the molecule is CNC(=O)C1CNCCN1Cc1cc(Cl)cs1. The van der Waals surface area contributed by atoms with Gasteiger partial charge in [0, 0.05) is 43.5 Å². The summed E-state index contributed by atoms with van der Waals surface area (Å²) >= 11 is 7.54. The average molecular weight is 274 g/mol. The second-order valence-electron chi connectivity index (χ2n) is 4.04. The van der Waals surface area contributed by atoms with E-state index in [-0.39, 0.29) is 11.9 Å². The van der Waals surface area contributed by atoms with Crippen LogP contribution in [0.4, 0.5) is 0 Å². The van der Waals surface area contributed by atoms with Crippen molar-refractivity contribution in [2.24, 2.45) is 0 Å². The zero-order valence-corrected chi connectivity index (χ0v) is 11.3. The summed E-state index contributed by atoms with van der Waals surface area (Å²) in [7, 11) is 1.68. The van der Waals surface area contributed by atoms with Gasteiger partial charge in [-0.1, -0.05) is 11.6 Å². The molecule has 1 aromatic heterocycles. The van der Waals surface area contributed by atoms with E-state index < -0.39 is 0 Å². The quantitative estimate of drug-likeness (QED) is 0.861. The summed E-state index contributed by atoms with van der Waals surface area (Å²) in [6.45, 7) is 3.30. The van der Waals surface area contributed by atoms with Crippen LogP contribution in [0.3, 0.4) is 0 Å². The molecule has 2 rings (SSSR count). The van der Waals surface area contributed by atoms with Gasteiger partial charge in [0.05, 0.1) is 5.02 Å². The summed E-state index contributed by atoms with van der Waals surface area (Å²) in [6, 6.07) is 1.88. The number of likely N-dealkylation sites (N-methyl/N-ethyl adjacent to an activating group) is 1. The number of piperazine rings is 1. The third-order valence-electron chi connectivity index (χ3n) is 2.88. The molecule has 0 spiro atoms. The number of rotatable bonds is 3. The molecule has 94 valence electrons. The molecule has 0 aliphatic carbocycles. The Balaban J connectivity index is 2.03. The van der Waals surface area contributed by atoms with Crippen LogP contribution >= 0.6 is 22.9 Å². The number of hydrogen-bond donors (Lipinski definition) is 2. The third-order valence-corrected chi connectivity index (χ3v) is 4.15. The fourth-order valence-electron chi connectivity index (χ4n) is 2.00. The van der Waals surface area contributed by atoms with Crippen molar-refractivity contribution < 1.29 is 4.79 Å². The molecule has 17 heavy (non-hydrogen) atoms. The van der Waals surface area contributed by atoms with Gasteiger partial charge < -0.3 is 10.6 Å². The highest BCUT2D eigenvalue weighted by atomic mass is 35.5. The van der Waals surface area contributed by atoms with Crippen molar-refractivity contribution in [3.8, 4) is 0 Å². The lowest BCUT2D eigenvalue weighted by atomic mass is 10.1. The van der Waals surface area contributed by atoms with Gasteiger partial charge in [-0.15, -0.1) is 11.3 Å². The number of hydrogen-bond acceptors (Lipinski definition) is 4. The van der Waals surface area contributed by atoms with Gasteiger partial charge >= 0.3 is 0 Å². The number of nitrogens with zero attached hydrogens (tertiary/aromatic N) is 1. The molecule has 0 saturated carbocycles. The van der Waals surface area contributed by atoms with Crippen molar-refractivity contribution in [1.29, 1.82) is 0 Å². The number of carbonyl (C=O) groups excluding carboxylic acids is 1. The lowest BCUT2D eigenvalue weighted by Crippen LogP contribution is -2.56. The summed E-state index contributed by atoms with van der Waals surface area (Å²) in [6.07, 6.45) is 0. The van der Waals surface area contributed by atoms with Gasteiger partial charge in [0.15, 0.2) is 0 Å². The van der Waals surface area contributed by atoms with E-state index in [0.717, 1.165) is 24.7 Å². The first-order valence-electron chi connectivity index (χ1n) is 5.60. The molecule has 1 atom stereocenters. The standard InChI is InChI=1S/C11H16ClN3OS/c1-13-11(16)10-5-14-2-3-15(10)6-9-4-8(12)7-17-9/h4,7,10,14H,2-3,5-6H2,1H3,(H,13,16). The van der Waals surface area contributed by atoms with Gasteiger partial charge in [0.25, 0.3) is 0 Å². The van der Waals surface area contributed by atoms with E-state index in [1.165, 1.54) is 4.88 Å². The molecular weight excluding hydrogens is 258 g/mol. The predicted octanol–water partition coefficient (Wildman–Crippen LogP) is 0.921. The molecule has 4 nitrogen and oxygen atoms in total. The van der Waals surface area contributed by atoms with Crippen LogP contribution in [0, 0.1) is 0 Å². The molecule has 1 aromatic rings. The van der Waals surface area contributed by atoms with Crippen LogP contribution in [-0.2, 0) is 11.3 Å². The van der Waals surface area contributed by atoms with Crippen LogP contribution in [-0.4, -0.2) is 43.5 Å². The highest BCUT2D eigenvalue weighted by Crippen LogP contribution is 2.21. The monoisotopic (exact) mass is 273 g/mol. The van der Waals surface area contributed by atoms with Crippen LogP contribution in [0.1, 0.15) is 4.88 Å². The summed E-state index contributed by atoms with van der Waals surface area (Å²) in [5, 5.41) is 8.66. The Hall–Kier alpha value is -0.620. The van der Waals surface area contributed by atoms with E-state index in [0.29, 0.717) is 6.54 Å². The minimum Gasteiger partial charge on any atom is -0.358 e. The zero-order chi connectivity index (χ0) is 12.3. The van der Waals surface area contributed by atoms with Crippen molar-refractivity contribution in [1.82, 2.24) is 15.5 Å². The molecule has 0 bridgehead atoms. The van der Waals surface area contributed by atoms with Gasteiger partial charge in [-0.2, -0.15) is 0 Å². The van der Waals surface area contributed by atoms with E-state index >= 15 is 0 Å². The van der Waals surface area contributed by atoms with E-state index in [4.69, 9.17) is 11.6 Å². The van der Waals surface area contributed by atoms with Crippen LogP contribution in [0.5, 0.6) is 0 Å². The number of carbonyl (C=O) groups is 1. The third kappa shape index (κ3) is 3.19. The van der Waals surface area contributed by atoms with Gasteiger partial charge in [0.2, 0.25) is 5.91 Å². The molecule has 1 amide bonds. The average Bonchev–Trinajstić information content (AvgIpc) is 2.74. The van der Waals surface area contributed by atoms with Crippen LogP contribution in [0.15, 0.2) is 11.4 Å². The van der Waals surface area contributed by atoms with Crippen molar-refractivity contribution in [3.05, 3.63) is 21.3 Å². The summed E-state index contributed by atoms with van der Waals surface area (Å²) in [5.41, 5.74) is 0. The molecule has 6 heteroatoms. The van der Waals surface area contributed by atoms with Gasteiger partial charge in [-0.25, -0.2) is 0 Å². The Bertz CT molecular complexity index is 396. The highest BCUT2D eigenvalue weighted by molar-refractivity contribution is 7.10. The molecule has 0 radical (unpaired) electrons. The lowest BCUT2D eigenvalue weighted by molar-refractivity contribution is -0.126. The van der Waals surface area contributed by atoms with Crippen molar-refractivity contribution >= 4 is 28.8 Å². The van der Waals surface area contributed by atoms with Crippen LogP contribution in [0.25, 0.3) is 0 Å². The van der Waals surface area contributed by atoms with Gasteiger partial charge in [-0.3, -0.25) is 9.69 Å². The second kappa shape index (κ2) is 5.82. The van der Waals surface area contributed by atoms with Crippen molar-refractivity contribution in [2.45, 2.75) is 12.6 Å². The first kappa shape index (κ1) is 12.8. The topological polar surface area (TPSA) is 44.4 Å². The number of thiophene rings is 1. The molecule has 1 saturated heterocycles. The molecule has 2 N–H and O–H groups in total. The Morgan fingerprint density at radius 1 is 1.76 bits per heavy atom. The Labute approximate surface area is 110 Å². The maximum atomic E-state index is 11.8. The lowest BCUT2D eigenvalue weighted by Gasteiger charge is -2.34. The largest absolute Gasteiger partial charge is 0.358 e. The van der Waals surface area contributed by atoms with E-state index in [1.54, 1.807) is 18.4 Å².